The fraction of sp³-hybridized carbons (Fsp3) is 0.133. The van der Waals surface area contributed by atoms with Crippen LogP contribution in [0.2, 0.25) is 0 Å². The van der Waals surface area contributed by atoms with Crippen LogP contribution in [0, 0.1) is 13.8 Å². The molecule has 0 aliphatic rings. The molecule has 0 radical (unpaired) electrons. The maximum absolute atomic E-state index is 12.4. The Balaban J connectivity index is 1.93. The molecule has 0 aliphatic carbocycles. The second-order valence-electron chi connectivity index (χ2n) is 4.84. The van der Waals surface area contributed by atoms with E-state index in [9.17, 15) is 4.79 Å². The zero-order valence-corrected chi connectivity index (χ0v) is 13.2. The molecule has 3 aromatic rings. The molecule has 2 aromatic heterocycles. The van der Waals surface area contributed by atoms with Gasteiger partial charge in [-0.05, 0) is 37.1 Å². The van der Waals surface area contributed by atoms with E-state index in [1.807, 2.05) is 26.0 Å². The lowest BCUT2D eigenvalue weighted by molar-refractivity contribution is 0.102. The summed E-state index contributed by atoms with van der Waals surface area (Å²) >= 11 is 3.52. The minimum Gasteiger partial charge on any atom is -0.322 e. The molecule has 6 heteroatoms. The van der Waals surface area contributed by atoms with Crippen LogP contribution in [0.25, 0.3) is 5.52 Å². The second-order valence-corrected chi connectivity index (χ2v) is 5.64. The Morgan fingerprint density at radius 3 is 2.67 bits per heavy atom. The number of benzene rings is 1. The summed E-state index contributed by atoms with van der Waals surface area (Å²) in [6.07, 6.45) is 6.51. The minimum atomic E-state index is -0.195. The van der Waals surface area contributed by atoms with Gasteiger partial charge in [-0.2, -0.15) is 5.10 Å². The van der Waals surface area contributed by atoms with Gasteiger partial charge in [-0.3, -0.25) is 9.78 Å². The number of fused-ring (bicyclic) bond motifs is 1. The van der Waals surface area contributed by atoms with Crippen molar-refractivity contribution in [2.45, 2.75) is 13.8 Å². The van der Waals surface area contributed by atoms with Crippen molar-refractivity contribution >= 4 is 33.0 Å². The van der Waals surface area contributed by atoms with Gasteiger partial charge < -0.3 is 5.32 Å². The fourth-order valence-corrected chi connectivity index (χ4v) is 2.45. The molecule has 106 valence electrons. The van der Waals surface area contributed by atoms with Crippen molar-refractivity contribution in [3.63, 3.8) is 0 Å². The van der Waals surface area contributed by atoms with E-state index in [4.69, 9.17) is 0 Å². The number of carbonyl (C=O) groups excluding carboxylic acids is 1. The van der Waals surface area contributed by atoms with Gasteiger partial charge in [0.1, 0.15) is 0 Å². The summed E-state index contributed by atoms with van der Waals surface area (Å²) < 4.78 is 2.68. The number of aryl methyl sites for hydroxylation is 2. The highest BCUT2D eigenvalue weighted by Crippen LogP contribution is 2.25. The van der Waals surface area contributed by atoms with Crippen molar-refractivity contribution in [1.29, 1.82) is 0 Å². The monoisotopic (exact) mass is 344 g/mol. The number of nitrogens with zero attached hydrogens (tertiary/aromatic N) is 3. The summed E-state index contributed by atoms with van der Waals surface area (Å²) in [5.74, 6) is -0.195. The summed E-state index contributed by atoms with van der Waals surface area (Å²) in [6.45, 7) is 3.98. The van der Waals surface area contributed by atoms with Crippen molar-refractivity contribution in [3.8, 4) is 0 Å². The van der Waals surface area contributed by atoms with Gasteiger partial charge in [-0.1, -0.05) is 15.9 Å². The molecule has 0 unspecified atom stereocenters. The molecule has 0 spiro atoms. The molecule has 0 bridgehead atoms. The van der Waals surface area contributed by atoms with Crippen LogP contribution in [-0.2, 0) is 0 Å². The number of anilines is 1. The maximum Gasteiger partial charge on any atom is 0.259 e. The van der Waals surface area contributed by atoms with Gasteiger partial charge in [0, 0.05) is 22.6 Å². The van der Waals surface area contributed by atoms with Crippen molar-refractivity contribution < 1.29 is 4.79 Å². The number of hydrogen-bond donors (Lipinski definition) is 1. The van der Waals surface area contributed by atoms with Gasteiger partial charge in [0.2, 0.25) is 0 Å². The smallest absolute Gasteiger partial charge is 0.259 e. The van der Waals surface area contributed by atoms with Crippen LogP contribution in [0.5, 0.6) is 0 Å². The number of halogens is 1. The molecule has 1 N–H and O–H groups in total. The lowest BCUT2D eigenvalue weighted by Crippen LogP contribution is -2.12. The first kappa shape index (κ1) is 13.8. The Labute approximate surface area is 130 Å². The predicted octanol–water partition coefficient (Wildman–Crippen LogP) is 3.36. The lowest BCUT2D eigenvalue weighted by Gasteiger charge is -2.09. The molecule has 5 nitrogen and oxygen atoms in total. The van der Waals surface area contributed by atoms with Crippen molar-refractivity contribution in [1.82, 2.24) is 14.6 Å². The number of carbonyl (C=O) groups is 1. The van der Waals surface area contributed by atoms with Crippen LogP contribution in [0.4, 0.5) is 5.69 Å². The number of aromatic nitrogens is 3. The average molecular weight is 345 g/mol. The molecule has 1 aromatic carbocycles. The summed E-state index contributed by atoms with van der Waals surface area (Å²) in [4.78, 5) is 16.4. The first-order valence-corrected chi connectivity index (χ1v) is 7.21. The Bertz CT molecular complexity index is 818. The van der Waals surface area contributed by atoms with E-state index in [2.05, 4.69) is 31.3 Å². The Morgan fingerprint density at radius 1 is 1.24 bits per heavy atom. The summed E-state index contributed by atoms with van der Waals surface area (Å²) in [6, 6.07) is 3.86. The zero-order chi connectivity index (χ0) is 15.0. The van der Waals surface area contributed by atoms with E-state index in [1.165, 1.54) is 0 Å². The van der Waals surface area contributed by atoms with Crippen LogP contribution >= 0.6 is 15.9 Å². The topological polar surface area (TPSA) is 59.3 Å². The quantitative estimate of drug-likeness (QED) is 0.775. The zero-order valence-electron chi connectivity index (χ0n) is 11.6. The van der Waals surface area contributed by atoms with Crippen LogP contribution < -0.4 is 5.32 Å². The highest BCUT2D eigenvalue weighted by Gasteiger charge is 2.13. The Morgan fingerprint density at radius 2 is 1.95 bits per heavy atom. The summed E-state index contributed by atoms with van der Waals surface area (Å²) in [7, 11) is 0. The highest BCUT2D eigenvalue weighted by atomic mass is 79.9. The molecule has 2 heterocycles. The molecule has 3 rings (SSSR count). The number of amides is 1. The molecule has 0 atom stereocenters. The molecule has 21 heavy (non-hydrogen) atoms. The average Bonchev–Trinajstić information content (AvgIpc) is 2.88. The van der Waals surface area contributed by atoms with E-state index in [0.717, 1.165) is 21.3 Å². The maximum atomic E-state index is 12.4. The van der Waals surface area contributed by atoms with E-state index >= 15 is 0 Å². The summed E-state index contributed by atoms with van der Waals surface area (Å²) in [5.41, 5.74) is 4.10. The van der Waals surface area contributed by atoms with Crippen LogP contribution in [0.3, 0.4) is 0 Å². The van der Waals surface area contributed by atoms with Gasteiger partial charge in [-0.25, -0.2) is 4.52 Å². The van der Waals surface area contributed by atoms with Crippen molar-refractivity contribution in [2.24, 2.45) is 0 Å². The third kappa shape index (κ3) is 2.54. The third-order valence-electron chi connectivity index (χ3n) is 3.26. The van der Waals surface area contributed by atoms with E-state index in [1.54, 1.807) is 29.3 Å². The standard InChI is InChI=1S/C15H13BrN4O/c1-9-5-11(6-10(2)14(9)16)19-15(21)12-7-18-20-4-3-17-8-13(12)20/h3-8H,1-2H3,(H,19,21). The van der Waals surface area contributed by atoms with Gasteiger partial charge >= 0.3 is 0 Å². The van der Waals surface area contributed by atoms with Crippen LogP contribution in [-0.4, -0.2) is 20.5 Å². The molecular weight excluding hydrogens is 332 g/mol. The summed E-state index contributed by atoms with van der Waals surface area (Å²) in [5, 5.41) is 7.04. The molecule has 0 fully saturated rings. The highest BCUT2D eigenvalue weighted by molar-refractivity contribution is 9.10. The van der Waals surface area contributed by atoms with Crippen LogP contribution in [0.1, 0.15) is 21.5 Å². The van der Waals surface area contributed by atoms with E-state index < -0.39 is 0 Å². The fourth-order valence-electron chi connectivity index (χ4n) is 2.23. The second kappa shape index (κ2) is 5.29. The van der Waals surface area contributed by atoms with Crippen LogP contribution in [0.15, 0.2) is 41.4 Å². The largest absolute Gasteiger partial charge is 0.322 e. The first-order chi connectivity index (χ1) is 10.1. The SMILES string of the molecule is Cc1cc(NC(=O)c2cnn3ccncc23)cc(C)c1Br. The van der Waals surface area contributed by atoms with Crippen molar-refractivity contribution in [3.05, 3.63) is 58.1 Å². The molecule has 1 amide bonds. The normalized spacial score (nSPS) is 10.8. The van der Waals surface area contributed by atoms with Gasteiger partial charge in [0.25, 0.3) is 5.91 Å². The van der Waals surface area contributed by atoms with Gasteiger partial charge in [0.15, 0.2) is 0 Å². The Kier molecular flexibility index (Phi) is 3.47. The van der Waals surface area contributed by atoms with Crippen molar-refractivity contribution in [2.75, 3.05) is 5.32 Å². The third-order valence-corrected chi connectivity index (χ3v) is 4.51. The number of rotatable bonds is 2. The van der Waals surface area contributed by atoms with Gasteiger partial charge in [0.05, 0.1) is 23.5 Å². The molecular formula is C15H13BrN4O. The number of nitrogens with one attached hydrogen (secondary N) is 1. The molecule has 0 saturated carbocycles. The van der Waals surface area contributed by atoms with E-state index in [0.29, 0.717) is 11.1 Å². The Hall–Kier alpha value is -2.21. The lowest BCUT2D eigenvalue weighted by atomic mass is 10.1. The van der Waals surface area contributed by atoms with E-state index in [-0.39, 0.29) is 5.91 Å². The molecule has 0 aliphatic heterocycles. The number of hydrogen-bond acceptors (Lipinski definition) is 3. The molecule has 0 saturated heterocycles. The predicted molar refractivity (Wildman–Crippen MR) is 84.6 cm³/mol. The minimum absolute atomic E-state index is 0.195. The van der Waals surface area contributed by atoms with Gasteiger partial charge in [-0.15, -0.1) is 0 Å². The first-order valence-electron chi connectivity index (χ1n) is 6.41.